The Morgan fingerprint density at radius 3 is 3.15 bits per heavy atom. The summed E-state index contributed by atoms with van der Waals surface area (Å²) >= 11 is 0. The van der Waals surface area contributed by atoms with Crippen molar-refractivity contribution in [3.63, 3.8) is 0 Å². The van der Waals surface area contributed by atoms with Crippen LogP contribution in [0.5, 0.6) is 5.75 Å². The van der Waals surface area contributed by atoms with Gasteiger partial charge in [-0.05, 0) is 24.5 Å². The number of benzene rings is 1. The van der Waals surface area contributed by atoms with Crippen LogP contribution in [0.15, 0.2) is 24.3 Å². The third-order valence-electron chi connectivity index (χ3n) is 2.35. The van der Waals surface area contributed by atoms with E-state index in [1.54, 1.807) is 0 Å². The van der Waals surface area contributed by atoms with E-state index in [1.165, 1.54) is 24.4 Å². The maximum atomic E-state index is 5.88. The van der Waals surface area contributed by atoms with Gasteiger partial charge in [-0.3, -0.25) is 0 Å². The van der Waals surface area contributed by atoms with Crippen molar-refractivity contribution in [1.29, 1.82) is 0 Å². The summed E-state index contributed by atoms with van der Waals surface area (Å²) in [6.45, 7) is 2.22. The molecule has 68 valence electrons. The maximum Gasteiger partial charge on any atom is 0.122 e. The van der Waals surface area contributed by atoms with Gasteiger partial charge in [0.05, 0.1) is 15.2 Å². The van der Waals surface area contributed by atoms with Gasteiger partial charge in [-0.1, -0.05) is 31.2 Å². The van der Waals surface area contributed by atoms with Crippen LogP contribution in [-0.4, -0.2) is 15.2 Å². The van der Waals surface area contributed by atoms with Gasteiger partial charge in [0.1, 0.15) is 5.75 Å². The highest BCUT2D eigenvalue weighted by molar-refractivity contribution is 6.37. The highest BCUT2D eigenvalue weighted by atomic mass is 28.2. The summed E-state index contributed by atoms with van der Waals surface area (Å²) in [4.78, 5) is 0. The fourth-order valence-corrected chi connectivity index (χ4v) is 2.71. The fraction of sp³-hybridized carbons (Fsp3) is 0.455. The van der Waals surface area contributed by atoms with E-state index in [2.05, 4.69) is 31.2 Å². The summed E-state index contributed by atoms with van der Waals surface area (Å²) < 4.78 is 5.88. The van der Waals surface area contributed by atoms with Crippen molar-refractivity contribution in [1.82, 2.24) is 0 Å². The van der Waals surface area contributed by atoms with E-state index in [0.29, 0.717) is 5.73 Å². The van der Waals surface area contributed by atoms with Crippen molar-refractivity contribution in [2.45, 2.75) is 31.5 Å². The largest absolute Gasteiger partial charge is 0.494 e. The zero-order chi connectivity index (χ0) is 9.10. The van der Waals surface area contributed by atoms with Crippen LogP contribution in [0, 0.1) is 0 Å². The van der Waals surface area contributed by atoms with Crippen molar-refractivity contribution in [3.8, 4) is 5.75 Å². The van der Waals surface area contributed by atoms with Gasteiger partial charge in [-0.25, -0.2) is 0 Å². The number of para-hydroxylation sites is 1. The van der Waals surface area contributed by atoms with E-state index in [4.69, 9.17) is 4.74 Å². The standard InChI is InChI=1S/C11H14OSi/c1-2-13-11-8-7-9-5-3-4-6-10(9)12-11/h3-6,11H,2,7-8H2,1H3. The Labute approximate surface area is 81.9 Å². The van der Waals surface area contributed by atoms with E-state index >= 15 is 0 Å². The Morgan fingerprint density at radius 1 is 1.46 bits per heavy atom. The van der Waals surface area contributed by atoms with Gasteiger partial charge in [0, 0.05) is 0 Å². The Morgan fingerprint density at radius 2 is 2.31 bits per heavy atom. The number of hydrogen-bond donors (Lipinski definition) is 0. The molecule has 0 fully saturated rings. The molecule has 1 atom stereocenters. The van der Waals surface area contributed by atoms with E-state index in [-0.39, 0.29) is 0 Å². The van der Waals surface area contributed by atoms with E-state index in [0.717, 1.165) is 15.3 Å². The minimum Gasteiger partial charge on any atom is -0.494 e. The van der Waals surface area contributed by atoms with Crippen molar-refractivity contribution < 1.29 is 4.74 Å². The summed E-state index contributed by atoms with van der Waals surface area (Å²) in [5.74, 6) is 1.11. The van der Waals surface area contributed by atoms with Crippen molar-refractivity contribution in [2.24, 2.45) is 0 Å². The highest BCUT2D eigenvalue weighted by Gasteiger charge is 2.18. The zero-order valence-electron chi connectivity index (χ0n) is 7.92. The average Bonchev–Trinajstić information content (AvgIpc) is 2.18. The highest BCUT2D eigenvalue weighted by Crippen LogP contribution is 2.26. The average molecular weight is 190 g/mol. The monoisotopic (exact) mass is 190 g/mol. The zero-order valence-corrected chi connectivity index (χ0v) is 8.92. The van der Waals surface area contributed by atoms with Crippen LogP contribution in [-0.2, 0) is 6.42 Å². The molecule has 0 N–H and O–H groups in total. The molecule has 0 bridgehead atoms. The van der Waals surface area contributed by atoms with Crippen LogP contribution in [0.3, 0.4) is 0 Å². The maximum absolute atomic E-state index is 5.88. The number of hydrogen-bond acceptors (Lipinski definition) is 1. The van der Waals surface area contributed by atoms with Crippen molar-refractivity contribution >= 4 is 9.52 Å². The Hall–Kier alpha value is -0.763. The molecule has 0 saturated heterocycles. The molecule has 2 rings (SSSR count). The first kappa shape index (κ1) is 8.82. The Balaban J connectivity index is 2.11. The molecule has 1 unspecified atom stereocenters. The lowest BCUT2D eigenvalue weighted by molar-refractivity contribution is 0.245. The molecule has 0 aliphatic carbocycles. The predicted molar refractivity (Wildman–Crippen MR) is 55.4 cm³/mol. The number of fused-ring (bicyclic) bond motifs is 1. The predicted octanol–water partition coefficient (Wildman–Crippen LogP) is 2.48. The molecule has 0 spiro atoms. The van der Waals surface area contributed by atoms with Crippen LogP contribution in [0.2, 0.25) is 6.04 Å². The molecule has 1 nitrogen and oxygen atoms in total. The first-order chi connectivity index (χ1) is 6.40. The van der Waals surface area contributed by atoms with Crippen molar-refractivity contribution in [2.75, 3.05) is 0 Å². The molecule has 13 heavy (non-hydrogen) atoms. The lowest BCUT2D eigenvalue weighted by atomic mass is 10.1. The van der Waals surface area contributed by atoms with Crippen LogP contribution in [0.1, 0.15) is 18.9 Å². The summed E-state index contributed by atoms with van der Waals surface area (Å²) in [5.41, 5.74) is 1.86. The number of rotatable bonds is 2. The normalized spacial score (nSPS) is 20.5. The topological polar surface area (TPSA) is 9.23 Å². The number of aryl methyl sites for hydroxylation is 1. The van der Waals surface area contributed by atoms with Crippen LogP contribution >= 0.6 is 0 Å². The third kappa shape index (κ3) is 1.94. The quantitative estimate of drug-likeness (QED) is 0.651. The Kier molecular flexibility index (Phi) is 2.69. The van der Waals surface area contributed by atoms with Gasteiger partial charge >= 0.3 is 0 Å². The number of ether oxygens (including phenoxy) is 1. The fourth-order valence-electron chi connectivity index (χ4n) is 1.70. The molecule has 2 heteroatoms. The smallest absolute Gasteiger partial charge is 0.122 e. The molecule has 0 saturated carbocycles. The molecular formula is C11H14OSi. The van der Waals surface area contributed by atoms with Gasteiger partial charge < -0.3 is 4.74 Å². The van der Waals surface area contributed by atoms with E-state index < -0.39 is 0 Å². The SMILES string of the molecule is CC[Si]C1CCc2ccccc2O1. The van der Waals surface area contributed by atoms with Gasteiger partial charge in [0.15, 0.2) is 0 Å². The van der Waals surface area contributed by atoms with E-state index in [9.17, 15) is 0 Å². The second-order valence-electron chi connectivity index (χ2n) is 3.31. The van der Waals surface area contributed by atoms with Gasteiger partial charge in [-0.2, -0.15) is 0 Å². The van der Waals surface area contributed by atoms with E-state index in [1.807, 2.05) is 0 Å². The van der Waals surface area contributed by atoms with Crippen LogP contribution in [0.4, 0.5) is 0 Å². The first-order valence-electron chi connectivity index (χ1n) is 4.88. The molecule has 1 aromatic carbocycles. The van der Waals surface area contributed by atoms with Crippen LogP contribution in [0.25, 0.3) is 0 Å². The lowest BCUT2D eigenvalue weighted by Gasteiger charge is -2.25. The third-order valence-corrected chi connectivity index (χ3v) is 3.62. The molecule has 1 heterocycles. The summed E-state index contributed by atoms with van der Waals surface area (Å²) in [6.07, 6.45) is 2.39. The molecular weight excluding hydrogens is 176 g/mol. The molecule has 1 aliphatic rings. The first-order valence-corrected chi connectivity index (χ1v) is 6.16. The lowest BCUT2D eigenvalue weighted by Crippen LogP contribution is -2.28. The molecule has 2 radical (unpaired) electrons. The molecule has 1 aliphatic heterocycles. The van der Waals surface area contributed by atoms with Gasteiger partial charge in [0.2, 0.25) is 0 Å². The van der Waals surface area contributed by atoms with Crippen molar-refractivity contribution in [3.05, 3.63) is 29.8 Å². The molecule has 0 aromatic heterocycles. The summed E-state index contributed by atoms with van der Waals surface area (Å²) in [6, 6.07) is 9.63. The van der Waals surface area contributed by atoms with Gasteiger partial charge in [-0.15, -0.1) is 0 Å². The second kappa shape index (κ2) is 3.96. The second-order valence-corrected chi connectivity index (χ2v) is 5.07. The minimum atomic E-state index is 0.486. The van der Waals surface area contributed by atoms with Gasteiger partial charge in [0.25, 0.3) is 0 Å². The molecule has 0 amide bonds. The summed E-state index contributed by atoms with van der Waals surface area (Å²) in [7, 11) is 0.954. The minimum absolute atomic E-state index is 0.486. The molecule has 1 aromatic rings. The van der Waals surface area contributed by atoms with Crippen LogP contribution < -0.4 is 4.74 Å². The Bertz CT molecular complexity index is 285. The summed E-state index contributed by atoms with van der Waals surface area (Å²) in [5, 5.41) is 0.